The molecule has 152 valence electrons. The van der Waals surface area contributed by atoms with E-state index in [0.29, 0.717) is 5.69 Å². The molecule has 0 unspecified atom stereocenters. The summed E-state index contributed by atoms with van der Waals surface area (Å²) in [6.45, 7) is 0. The van der Waals surface area contributed by atoms with Crippen molar-refractivity contribution in [1.82, 2.24) is 4.40 Å². The first-order chi connectivity index (χ1) is 14.3. The van der Waals surface area contributed by atoms with Gasteiger partial charge in [0.05, 0.1) is 16.8 Å². The zero-order valence-corrected chi connectivity index (χ0v) is 16.4. The van der Waals surface area contributed by atoms with Crippen LogP contribution in [0.5, 0.6) is 0 Å². The molecule has 0 atom stereocenters. The van der Waals surface area contributed by atoms with Crippen LogP contribution in [0.15, 0.2) is 79.0 Å². The summed E-state index contributed by atoms with van der Waals surface area (Å²) in [5.74, 6) is -0.332. The fourth-order valence-corrected chi connectivity index (χ4v) is 3.46. The number of benzene rings is 2. The van der Waals surface area contributed by atoms with Gasteiger partial charge in [-0.3, -0.25) is 4.79 Å². The zero-order chi connectivity index (χ0) is 21.5. The van der Waals surface area contributed by atoms with E-state index in [4.69, 9.17) is 0 Å². The van der Waals surface area contributed by atoms with Crippen LogP contribution in [0.2, 0.25) is 0 Å². The maximum atomic E-state index is 13.1. The van der Waals surface area contributed by atoms with Crippen molar-refractivity contribution in [2.75, 3.05) is 19.0 Å². The average molecular weight is 408 g/mol. The number of fused-ring (bicyclic) bond motifs is 1. The van der Waals surface area contributed by atoms with Crippen LogP contribution in [-0.2, 0) is 6.18 Å². The molecule has 4 rings (SSSR count). The third-order valence-electron chi connectivity index (χ3n) is 5.08. The Bertz CT molecular complexity index is 1200. The van der Waals surface area contributed by atoms with Gasteiger partial charge in [-0.15, -0.1) is 0 Å². The number of carbonyl (C=O) groups is 1. The number of rotatable bonds is 4. The molecule has 0 fully saturated rings. The first-order valence-corrected chi connectivity index (χ1v) is 9.35. The molecular formula is C24H19F3N2O. The van der Waals surface area contributed by atoms with Gasteiger partial charge < -0.3 is 9.30 Å². The van der Waals surface area contributed by atoms with Crippen LogP contribution in [0.4, 0.5) is 18.9 Å². The minimum absolute atomic E-state index is 0.209. The van der Waals surface area contributed by atoms with Crippen LogP contribution >= 0.6 is 0 Å². The SMILES string of the molecule is CN(C)c1ccc(-c2cc(C(=O)c3ccc(C(F)(F)F)cc3)n3ccccc23)cc1. The van der Waals surface area contributed by atoms with Crippen molar-refractivity contribution in [1.29, 1.82) is 0 Å². The molecular weight excluding hydrogens is 389 g/mol. The molecule has 0 saturated heterocycles. The molecule has 0 radical (unpaired) electrons. The molecule has 0 aliphatic rings. The third-order valence-corrected chi connectivity index (χ3v) is 5.08. The molecule has 6 heteroatoms. The number of ketones is 1. The monoisotopic (exact) mass is 408 g/mol. The third kappa shape index (κ3) is 3.56. The molecule has 0 aliphatic heterocycles. The second kappa shape index (κ2) is 7.37. The van der Waals surface area contributed by atoms with Gasteiger partial charge >= 0.3 is 6.18 Å². The second-order valence-electron chi connectivity index (χ2n) is 7.24. The number of hydrogen-bond acceptors (Lipinski definition) is 2. The summed E-state index contributed by atoms with van der Waals surface area (Å²) >= 11 is 0. The van der Waals surface area contributed by atoms with Crippen LogP contribution in [0.1, 0.15) is 21.6 Å². The van der Waals surface area contributed by atoms with Gasteiger partial charge in [-0.2, -0.15) is 13.2 Å². The number of anilines is 1. The summed E-state index contributed by atoms with van der Waals surface area (Å²) < 4.78 is 40.3. The molecule has 0 saturated carbocycles. The smallest absolute Gasteiger partial charge is 0.378 e. The van der Waals surface area contributed by atoms with Crippen molar-refractivity contribution in [3.63, 3.8) is 0 Å². The van der Waals surface area contributed by atoms with E-state index in [0.717, 1.165) is 34.5 Å². The van der Waals surface area contributed by atoms with Gasteiger partial charge in [0.1, 0.15) is 0 Å². The Labute approximate surface area is 172 Å². The lowest BCUT2D eigenvalue weighted by Crippen LogP contribution is -2.08. The van der Waals surface area contributed by atoms with Crippen molar-refractivity contribution in [2.45, 2.75) is 6.18 Å². The molecule has 2 aromatic carbocycles. The van der Waals surface area contributed by atoms with Crippen molar-refractivity contribution in [2.24, 2.45) is 0 Å². The number of aromatic nitrogens is 1. The normalized spacial score (nSPS) is 11.6. The maximum absolute atomic E-state index is 13.1. The molecule has 2 heterocycles. The highest BCUT2D eigenvalue weighted by atomic mass is 19.4. The largest absolute Gasteiger partial charge is 0.416 e. The molecule has 4 aromatic rings. The van der Waals surface area contributed by atoms with E-state index in [9.17, 15) is 18.0 Å². The van der Waals surface area contributed by atoms with Gasteiger partial charge in [0.2, 0.25) is 5.78 Å². The molecule has 2 aromatic heterocycles. The van der Waals surface area contributed by atoms with Crippen molar-refractivity contribution in [3.8, 4) is 11.1 Å². The van der Waals surface area contributed by atoms with Crippen LogP contribution in [-0.4, -0.2) is 24.3 Å². The number of nitrogens with zero attached hydrogens (tertiary/aromatic N) is 2. The predicted octanol–water partition coefficient (Wildman–Crippen LogP) is 5.92. The average Bonchev–Trinajstić information content (AvgIpc) is 3.12. The first kappa shape index (κ1) is 19.8. The highest BCUT2D eigenvalue weighted by Gasteiger charge is 2.30. The minimum Gasteiger partial charge on any atom is -0.378 e. The minimum atomic E-state index is -4.44. The van der Waals surface area contributed by atoms with E-state index < -0.39 is 11.7 Å². The maximum Gasteiger partial charge on any atom is 0.416 e. The van der Waals surface area contributed by atoms with Crippen molar-refractivity contribution >= 4 is 17.0 Å². The van der Waals surface area contributed by atoms with E-state index >= 15 is 0 Å². The number of pyridine rings is 1. The van der Waals surface area contributed by atoms with Gasteiger partial charge in [0, 0.05) is 37.1 Å². The summed E-state index contributed by atoms with van der Waals surface area (Å²) in [7, 11) is 3.92. The zero-order valence-electron chi connectivity index (χ0n) is 16.4. The Morgan fingerprint density at radius 1 is 0.900 bits per heavy atom. The Kier molecular flexibility index (Phi) is 4.86. The fourth-order valence-electron chi connectivity index (χ4n) is 3.46. The van der Waals surface area contributed by atoms with E-state index in [-0.39, 0.29) is 11.3 Å². The van der Waals surface area contributed by atoms with E-state index in [2.05, 4.69) is 0 Å². The Morgan fingerprint density at radius 2 is 1.57 bits per heavy atom. The lowest BCUT2D eigenvalue weighted by molar-refractivity contribution is -0.137. The van der Waals surface area contributed by atoms with E-state index in [1.165, 1.54) is 12.1 Å². The van der Waals surface area contributed by atoms with Gasteiger partial charge in [0.25, 0.3) is 0 Å². The Balaban J connectivity index is 1.78. The van der Waals surface area contributed by atoms with Gasteiger partial charge in [-0.1, -0.05) is 30.3 Å². The Hall–Kier alpha value is -3.54. The van der Waals surface area contributed by atoms with Gasteiger partial charge in [0.15, 0.2) is 0 Å². The fraction of sp³-hybridized carbons (Fsp3) is 0.125. The van der Waals surface area contributed by atoms with E-state index in [1.807, 2.05) is 61.5 Å². The first-order valence-electron chi connectivity index (χ1n) is 9.35. The lowest BCUT2D eigenvalue weighted by atomic mass is 10.0. The molecule has 0 N–H and O–H groups in total. The summed E-state index contributed by atoms with van der Waals surface area (Å²) in [5, 5.41) is 0. The summed E-state index contributed by atoms with van der Waals surface area (Å²) in [5.41, 5.74) is 3.58. The standard InChI is InChI=1S/C24H19F3N2O/c1-28(2)19-12-8-16(9-13-19)20-15-22(29-14-4-3-5-21(20)29)23(30)17-6-10-18(11-7-17)24(25,26)27/h3-15H,1-2H3. The number of hydrogen-bond donors (Lipinski definition) is 0. The number of alkyl halides is 3. The van der Waals surface area contributed by atoms with Gasteiger partial charge in [-0.25, -0.2) is 0 Å². The molecule has 30 heavy (non-hydrogen) atoms. The summed E-state index contributed by atoms with van der Waals surface area (Å²) in [6, 6.07) is 19.7. The molecule has 3 nitrogen and oxygen atoms in total. The van der Waals surface area contributed by atoms with Gasteiger partial charge in [-0.05, 0) is 48.0 Å². The second-order valence-corrected chi connectivity index (χ2v) is 7.24. The topological polar surface area (TPSA) is 24.7 Å². The van der Waals surface area contributed by atoms with Crippen molar-refractivity contribution in [3.05, 3.63) is 95.8 Å². The Morgan fingerprint density at radius 3 is 2.17 bits per heavy atom. The van der Waals surface area contributed by atoms with Crippen LogP contribution < -0.4 is 4.90 Å². The summed E-state index contributed by atoms with van der Waals surface area (Å²) in [4.78, 5) is 15.1. The molecule has 0 amide bonds. The highest BCUT2D eigenvalue weighted by Crippen LogP contribution is 2.32. The number of halogens is 3. The molecule has 0 bridgehead atoms. The number of carbonyl (C=O) groups excluding carboxylic acids is 1. The van der Waals surface area contributed by atoms with E-state index in [1.54, 1.807) is 16.7 Å². The predicted molar refractivity (Wildman–Crippen MR) is 112 cm³/mol. The van der Waals surface area contributed by atoms with Crippen LogP contribution in [0.3, 0.4) is 0 Å². The quantitative estimate of drug-likeness (QED) is 0.392. The van der Waals surface area contributed by atoms with Crippen molar-refractivity contribution < 1.29 is 18.0 Å². The lowest BCUT2D eigenvalue weighted by Gasteiger charge is -2.12. The van der Waals surface area contributed by atoms with Crippen LogP contribution in [0.25, 0.3) is 16.6 Å². The van der Waals surface area contributed by atoms with Crippen LogP contribution in [0, 0.1) is 0 Å². The summed E-state index contributed by atoms with van der Waals surface area (Å²) in [6.07, 6.45) is -2.65. The molecule has 0 aliphatic carbocycles. The highest BCUT2D eigenvalue weighted by molar-refractivity contribution is 6.10. The molecule has 0 spiro atoms.